The number of nitrogens with one attached hydrogen (secondary N) is 2. The van der Waals surface area contributed by atoms with E-state index in [0.29, 0.717) is 10.6 Å². The Labute approximate surface area is 104 Å². The van der Waals surface area contributed by atoms with E-state index in [1.54, 1.807) is 6.92 Å². The van der Waals surface area contributed by atoms with Gasteiger partial charge in [-0.05, 0) is 38.5 Å². The van der Waals surface area contributed by atoms with Gasteiger partial charge in [-0.1, -0.05) is 18.3 Å². The molecule has 0 aliphatic heterocycles. The molecule has 1 amide bonds. The van der Waals surface area contributed by atoms with E-state index in [4.69, 9.17) is 0 Å². The number of hydrogen-bond acceptors (Lipinski definition) is 3. The lowest BCUT2D eigenvalue weighted by molar-refractivity contribution is 0.0926. The van der Waals surface area contributed by atoms with Crippen LogP contribution >= 0.6 is 11.3 Å². The van der Waals surface area contributed by atoms with Gasteiger partial charge >= 0.3 is 4.87 Å². The van der Waals surface area contributed by atoms with Crippen LogP contribution in [0.3, 0.4) is 0 Å². The summed E-state index contributed by atoms with van der Waals surface area (Å²) in [7, 11) is 0. The van der Waals surface area contributed by atoms with Gasteiger partial charge in [0, 0.05) is 11.7 Å². The fourth-order valence-electron chi connectivity index (χ4n) is 2.28. The van der Waals surface area contributed by atoms with Crippen molar-refractivity contribution in [3.63, 3.8) is 0 Å². The number of rotatable bonds is 2. The van der Waals surface area contributed by atoms with Gasteiger partial charge in [0.15, 0.2) is 0 Å². The molecule has 0 atom stereocenters. The summed E-state index contributed by atoms with van der Waals surface area (Å²) in [5.41, 5.74) is 0.668. The van der Waals surface area contributed by atoms with Gasteiger partial charge in [0.05, 0.1) is 0 Å². The number of aromatic amines is 1. The van der Waals surface area contributed by atoms with Gasteiger partial charge in [-0.15, -0.1) is 0 Å². The quantitative estimate of drug-likeness (QED) is 0.848. The second-order valence-electron chi connectivity index (χ2n) is 4.90. The van der Waals surface area contributed by atoms with Crippen molar-refractivity contribution in [3.05, 3.63) is 20.2 Å². The topological polar surface area (TPSA) is 62.0 Å². The lowest BCUT2D eigenvalue weighted by Gasteiger charge is -2.26. The Kier molecular flexibility index (Phi) is 3.66. The lowest BCUT2D eigenvalue weighted by atomic mass is 9.87. The maximum atomic E-state index is 12.0. The molecule has 0 unspecified atom stereocenters. The van der Waals surface area contributed by atoms with E-state index in [9.17, 15) is 9.59 Å². The maximum Gasteiger partial charge on any atom is 0.305 e. The zero-order valence-electron chi connectivity index (χ0n) is 10.2. The molecule has 0 radical (unpaired) electrons. The van der Waals surface area contributed by atoms with Crippen LogP contribution in [0.4, 0.5) is 0 Å². The van der Waals surface area contributed by atoms with E-state index in [1.165, 1.54) is 12.8 Å². The Morgan fingerprint density at radius 3 is 2.53 bits per heavy atom. The second-order valence-corrected chi connectivity index (χ2v) is 5.88. The molecule has 0 aromatic carbocycles. The molecule has 5 heteroatoms. The van der Waals surface area contributed by atoms with Gasteiger partial charge in [-0.25, -0.2) is 0 Å². The van der Waals surface area contributed by atoms with Crippen molar-refractivity contribution < 1.29 is 4.79 Å². The third-order valence-corrected chi connectivity index (χ3v) is 4.37. The third-order valence-electron chi connectivity index (χ3n) is 3.38. The van der Waals surface area contributed by atoms with E-state index in [2.05, 4.69) is 17.2 Å². The van der Waals surface area contributed by atoms with Gasteiger partial charge in [0.1, 0.15) is 4.88 Å². The summed E-state index contributed by atoms with van der Waals surface area (Å²) in [6.07, 6.45) is 4.44. The standard InChI is InChI=1S/C12H18N2O2S/c1-7-3-5-9(6-4-7)14-11(15)10-8(2)13-12(16)17-10/h7,9H,3-6H2,1-2H3,(H,13,16)(H,14,15). The minimum atomic E-state index is -0.162. The van der Waals surface area contributed by atoms with Crippen LogP contribution < -0.4 is 10.2 Å². The molecule has 1 aliphatic carbocycles. The SMILES string of the molecule is Cc1[nH]c(=O)sc1C(=O)NC1CCC(C)CC1. The molecule has 94 valence electrons. The Balaban J connectivity index is 1.97. The van der Waals surface area contributed by atoms with E-state index in [1.807, 2.05) is 0 Å². The van der Waals surface area contributed by atoms with E-state index >= 15 is 0 Å². The number of aromatic nitrogens is 1. The van der Waals surface area contributed by atoms with Crippen LogP contribution in [0, 0.1) is 12.8 Å². The van der Waals surface area contributed by atoms with E-state index in [0.717, 1.165) is 30.1 Å². The van der Waals surface area contributed by atoms with Gasteiger partial charge in [-0.2, -0.15) is 0 Å². The molecule has 4 nitrogen and oxygen atoms in total. The molecule has 1 heterocycles. The average molecular weight is 254 g/mol. The van der Waals surface area contributed by atoms with Crippen LogP contribution in [0.5, 0.6) is 0 Å². The number of aryl methyl sites for hydroxylation is 1. The number of amides is 1. The first-order valence-corrected chi connectivity index (χ1v) is 6.88. The smallest absolute Gasteiger partial charge is 0.305 e. The van der Waals surface area contributed by atoms with Crippen LogP contribution in [0.15, 0.2) is 4.79 Å². The molecule has 1 saturated carbocycles. The van der Waals surface area contributed by atoms with Crippen LogP contribution in [0.2, 0.25) is 0 Å². The fourth-order valence-corrected chi connectivity index (χ4v) is 3.02. The molecule has 0 saturated heterocycles. The van der Waals surface area contributed by atoms with Crippen molar-refractivity contribution in [1.82, 2.24) is 10.3 Å². The average Bonchev–Trinajstić information content (AvgIpc) is 2.61. The second kappa shape index (κ2) is 5.04. The van der Waals surface area contributed by atoms with E-state index in [-0.39, 0.29) is 16.8 Å². The molecular weight excluding hydrogens is 236 g/mol. The lowest BCUT2D eigenvalue weighted by Crippen LogP contribution is -2.37. The molecule has 0 spiro atoms. The van der Waals surface area contributed by atoms with Gasteiger partial charge in [0.2, 0.25) is 0 Å². The Morgan fingerprint density at radius 1 is 1.35 bits per heavy atom. The van der Waals surface area contributed by atoms with Gasteiger partial charge < -0.3 is 10.3 Å². The highest BCUT2D eigenvalue weighted by molar-refractivity contribution is 7.11. The maximum absolute atomic E-state index is 12.0. The van der Waals surface area contributed by atoms with Crippen molar-refractivity contribution in [2.45, 2.75) is 45.6 Å². The zero-order chi connectivity index (χ0) is 12.4. The van der Waals surface area contributed by atoms with Crippen LogP contribution in [-0.2, 0) is 0 Å². The first-order valence-electron chi connectivity index (χ1n) is 6.07. The highest BCUT2D eigenvalue weighted by atomic mass is 32.1. The summed E-state index contributed by atoms with van der Waals surface area (Å²) in [4.78, 5) is 26.1. The molecule has 2 N–H and O–H groups in total. The highest BCUT2D eigenvalue weighted by Gasteiger charge is 2.21. The minimum absolute atomic E-state index is 0.106. The number of carbonyl (C=O) groups is 1. The molecule has 17 heavy (non-hydrogen) atoms. The normalized spacial score (nSPS) is 24.6. The number of carbonyl (C=O) groups excluding carboxylic acids is 1. The molecule has 2 rings (SSSR count). The predicted octanol–water partition coefficient (Wildman–Crippen LogP) is 2.05. The van der Waals surface area contributed by atoms with Crippen molar-refractivity contribution in [3.8, 4) is 0 Å². The molecule has 1 fully saturated rings. The zero-order valence-corrected chi connectivity index (χ0v) is 11.0. The van der Waals surface area contributed by atoms with Crippen molar-refractivity contribution >= 4 is 17.2 Å². The molecular formula is C12H18N2O2S. The van der Waals surface area contributed by atoms with Gasteiger partial charge in [0.25, 0.3) is 5.91 Å². The monoisotopic (exact) mass is 254 g/mol. The number of H-pyrrole nitrogens is 1. The summed E-state index contributed by atoms with van der Waals surface area (Å²) in [5.74, 6) is 0.665. The number of hydrogen-bond donors (Lipinski definition) is 2. The summed E-state index contributed by atoms with van der Waals surface area (Å²) in [5, 5.41) is 3.02. The summed E-state index contributed by atoms with van der Waals surface area (Å²) in [6.45, 7) is 4.01. The van der Waals surface area contributed by atoms with E-state index < -0.39 is 0 Å². The predicted molar refractivity (Wildman–Crippen MR) is 68.6 cm³/mol. The van der Waals surface area contributed by atoms with Crippen LogP contribution in [0.25, 0.3) is 0 Å². The summed E-state index contributed by atoms with van der Waals surface area (Å²) < 4.78 is 0. The number of thiazole rings is 1. The van der Waals surface area contributed by atoms with Crippen LogP contribution in [0.1, 0.15) is 48.0 Å². The first kappa shape index (κ1) is 12.4. The molecule has 1 aromatic rings. The largest absolute Gasteiger partial charge is 0.349 e. The molecule has 1 aliphatic rings. The molecule has 0 bridgehead atoms. The van der Waals surface area contributed by atoms with Crippen molar-refractivity contribution in [1.29, 1.82) is 0 Å². The Bertz CT molecular complexity index is 455. The summed E-state index contributed by atoms with van der Waals surface area (Å²) in [6, 6.07) is 0.273. The van der Waals surface area contributed by atoms with Crippen molar-refractivity contribution in [2.75, 3.05) is 0 Å². The highest BCUT2D eigenvalue weighted by Crippen LogP contribution is 2.23. The minimum Gasteiger partial charge on any atom is -0.349 e. The first-order chi connectivity index (χ1) is 8.06. The Hall–Kier alpha value is -1.10. The van der Waals surface area contributed by atoms with Crippen molar-refractivity contribution in [2.24, 2.45) is 5.92 Å². The third kappa shape index (κ3) is 2.97. The summed E-state index contributed by atoms with van der Waals surface area (Å²) >= 11 is 0.988. The molecule has 1 aromatic heterocycles. The van der Waals surface area contributed by atoms with Crippen LogP contribution in [-0.4, -0.2) is 16.9 Å². The fraction of sp³-hybridized carbons (Fsp3) is 0.667. The van der Waals surface area contributed by atoms with Gasteiger partial charge in [-0.3, -0.25) is 9.59 Å². The Morgan fingerprint density at radius 2 is 2.00 bits per heavy atom.